The number of alkyl halides is 1. The Morgan fingerprint density at radius 1 is 0.917 bits per heavy atom. The Kier molecular flexibility index (Phi) is 8.56. The largest absolute Gasteiger partial charge is 0.247 e. The summed E-state index contributed by atoms with van der Waals surface area (Å²) in [5, 5.41) is 0. The summed E-state index contributed by atoms with van der Waals surface area (Å²) in [7, 11) is 0. The first-order valence-corrected chi connectivity index (χ1v) is 10.1. The van der Waals surface area contributed by atoms with Gasteiger partial charge in [-0.05, 0) is 42.2 Å². The van der Waals surface area contributed by atoms with Crippen molar-refractivity contribution in [1.29, 1.82) is 0 Å². The molecule has 0 saturated heterocycles. The van der Waals surface area contributed by atoms with Gasteiger partial charge in [0.25, 0.3) is 0 Å². The lowest BCUT2D eigenvalue weighted by molar-refractivity contribution is 0.265. The van der Waals surface area contributed by atoms with E-state index in [4.69, 9.17) is 0 Å². The molecule has 0 heterocycles. The number of allylic oxidation sites excluding steroid dienone is 2. The summed E-state index contributed by atoms with van der Waals surface area (Å²) < 4.78 is 12.2. The Balaban J connectivity index is 1.99. The minimum atomic E-state index is -0.362. The molecular weight excluding hydrogens is 295 g/mol. The lowest BCUT2D eigenvalue weighted by atomic mass is 9.66. The summed E-state index contributed by atoms with van der Waals surface area (Å²) in [5.41, 5.74) is 3.27. The average Bonchev–Trinajstić information content (AvgIpc) is 2.63. The standard InChI is InChI=1S/C23H35F/c1-2-3-4-5-8-17-23(18-9-6-10-19-23)22-15-13-21(14-16-22)12-7-11-20-24/h7,11,13-16H,2-6,8-10,12,17-20H2,1H3/b11-7+. The van der Waals surface area contributed by atoms with Crippen molar-refractivity contribution in [1.82, 2.24) is 0 Å². The Labute approximate surface area is 148 Å². The molecule has 0 aliphatic heterocycles. The van der Waals surface area contributed by atoms with Crippen LogP contribution in [-0.4, -0.2) is 6.67 Å². The van der Waals surface area contributed by atoms with Crippen molar-refractivity contribution in [3.63, 3.8) is 0 Å². The number of hydrogen-bond donors (Lipinski definition) is 0. The fraction of sp³-hybridized carbons (Fsp3) is 0.652. The van der Waals surface area contributed by atoms with Gasteiger partial charge in [0.15, 0.2) is 0 Å². The van der Waals surface area contributed by atoms with Gasteiger partial charge < -0.3 is 0 Å². The molecule has 0 N–H and O–H groups in total. The third-order valence-electron chi connectivity index (χ3n) is 5.75. The maximum absolute atomic E-state index is 12.2. The highest BCUT2D eigenvalue weighted by molar-refractivity contribution is 5.30. The van der Waals surface area contributed by atoms with E-state index in [1.807, 2.05) is 6.08 Å². The Hall–Kier alpha value is -1.11. The SMILES string of the molecule is CCCCCCCC1(c2ccc(C/C=C/CF)cc2)CCCCC1. The summed E-state index contributed by atoms with van der Waals surface area (Å²) in [6.07, 6.45) is 19.5. The Morgan fingerprint density at radius 2 is 1.62 bits per heavy atom. The zero-order valence-corrected chi connectivity index (χ0v) is 15.5. The zero-order valence-electron chi connectivity index (χ0n) is 15.5. The lowest BCUT2D eigenvalue weighted by Crippen LogP contribution is -2.29. The van der Waals surface area contributed by atoms with E-state index in [2.05, 4.69) is 31.2 Å². The van der Waals surface area contributed by atoms with Gasteiger partial charge in [0.1, 0.15) is 6.67 Å². The highest BCUT2D eigenvalue weighted by Gasteiger charge is 2.33. The highest BCUT2D eigenvalue weighted by Crippen LogP contribution is 2.43. The second-order valence-corrected chi connectivity index (χ2v) is 7.53. The normalized spacial score (nSPS) is 17.4. The molecule has 1 fully saturated rings. The fourth-order valence-electron chi connectivity index (χ4n) is 4.26. The van der Waals surface area contributed by atoms with Crippen LogP contribution in [0.5, 0.6) is 0 Å². The summed E-state index contributed by atoms with van der Waals surface area (Å²) in [5.74, 6) is 0. The lowest BCUT2D eigenvalue weighted by Gasteiger charge is -2.38. The first-order valence-electron chi connectivity index (χ1n) is 10.1. The molecule has 0 atom stereocenters. The third kappa shape index (κ3) is 5.76. The molecule has 24 heavy (non-hydrogen) atoms. The summed E-state index contributed by atoms with van der Waals surface area (Å²) in [6.45, 7) is 1.92. The molecule has 1 aliphatic rings. The van der Waals surface area contributed by atoms with Crippen LogP contribution in [0.15, 0.2) is 36.4 Å². The molecule has 0 nitrogen and oxygen atoms in total. The number of halogens is 1. The van der Waals surface area contributed by atoms with Crippen molar-refractivity contribution in [2.45, 2.75) is 89.4 Å². The monoisotopic (exact) mass is 330 g/mol. The van der Waals surface area contributed by atoms with Gasteiger partial charge in [-0.1, -0.05) is 94.7 Å². The molecule has 134 valence electrons. The van der Waals surface area contributed by atoms with Gasteiger partial charge in [-0.25, -0.2) is 4.39 Å². The first kappa shape index (κ1) is 19.2. The maximum atomic E-state index is 12.2. The van der Waals surface area contributed by atoms with E-state index in [9.17, 15) is 4.39 Å². The Morgan fingerprint density at radius 3 is 2.29 bits per heavy atom. The highest BCUT2D eigenvalue weighted by atomic mass is 19.1. The number of benzene rings is 1. The molecule has 1 saturated carbocycles. The molecule has 0 aromatic heterocycles. The quantitative estimate of drug-likeness (QED) is 0.311. The molecular formula is C23H35F. The van der Waals surface area contributed by atoms with Crippen LogP contribution in [0.3, 0.4) is 0 Å². The van der Waals surface area contributed by atoms with Crippen molar-refractivity contribution in [2.24, 2.45) is 0 Å². The molecule has 0 unspecified atom stereocenters. The van der Waals surface area contributed by atoms with Gasteiger partial charge in [-0.15, -0.1) is 0 Å². The van der Waals surface area contributed by atoms with E-state index in [1.54, 1.807) is 11.6 Å². The predicted octanol–water partition coefficient (Wildman–Crippen LogP) is 7.32. The van der Waals surface area contributed by atoms with E-state index in [0.29, 0.717) is 5.41 Å². The number of unbranched alkanes of at least 4 members (excludes halogenated alkanes) is 4. The second kappa shape index (κ2) is 10.7. The molecule has 1 aromatic carbocycles. The average molecular weight is 331 g/mol. The minimum absolute atomic E-state index is 0.362. The van der Waals surface area contributed by atoms with Crippen molar-refractivity contribution >= 4 is 0 Å². The van der Waals surface area contributed by atoms with Crippen LogP contribution >= 0.6 is 0 Å². The topological polar surface area (TPSA) is 0 Å². The zero-order chi connectivity index (χ0) is 17.1. The van der Waals surface area contributed by atoms with Gasteiger partial charge in [0.2, 0.25) is 0 Å². The van der Waals surface area contributed by atoms with Crippen LogP contribution < -0.4 is 0 Å². The van der Waals surface area contributed by atoms with E-state index < -0.39 is 0 Å². The molecule has 0 radical (unpaired) electrons. The van der Waals surface area contributed by atoms with Gasteiger partial charge in [0, 0.05) is 0 Å². The van der Waals surface area contributed by atoms with Crippen LogP contribution in [0.2, 0.25) is 0 Å². The van der Waals surface area contributed by atoms with Gasteiger partial charge in [0.05, 0.1) is 0 Å². The van der Waals surface area contributed by atoms with Crippen molar-refractivity contribution < 1.29 is 4.39 Å². The molecule has 1 aromatic rings. The predicted molar refractivity (Wildman–Crippen MR) is 103 cm³/mol. The van der Waals surface area contributed by atoms with Crippen LogP contribution in [0.25, 0.3) is 0 Å². The van der Waals surface area contributed by atoms with E-state index in [1.165, 1.54) is 76.2 Å². The summed E-state index contributed by atoms with van der Waals surface area (Å²) in [6, 6.07) is 9.22. The minimum Gasteiger partial charge on any atom is -0.247 e. The van der Waals surface area contributed by atoms with Gasteiger partial charge in [-0.2, -0.15) is 0 Å². The summed E-state index contributed by atoms with van der Waals surface area (Å²) >= 11 is 0. The van der Waals surface area contributed by atoms with Gasteiger partial charge in [-0.3, -0.25) is 0 Å². The van der Waals surface area contributed by atoms with E-state index >= 15 is 0 Å². The van der Waals surface area contributed by atoms with Crippen LogP contribution in [0.4, 0.5) is 4.39 Å². The molecule has 1 aliphatic carbocycles. The smallest absolute Gasteiger partial charge is 0.108 e. The van der Waals surface area contributed by atoms with Crippen molar-refractivity contribution in [2.75, 3.05) is 6.67 Å². The van der Waals surface area contributed by atoms with Gasteiger partial charge >= 0.3 is 0 Å². The van der Waals surface area contributed by atoms with E-state index in [-0.39, 0.29) is 6.67 Å². The van der Waals surface area contributed by atoms with E-state index in [0.717, 1.165) is 6.42 Å². The van der Waals surface area contributed by atoms with Crippen LogP contribution in [0, 0.1) is 0 Å². The van der Waals surface area contributed by atoms with Crippen LogP contribution in [-0.2, 0) is 11.8 Å². The molecule has 0 bridgehead atoms. The Bertz CT molecular complexity index is 465. The molecule has 2 rings (SSSR count). The number of hydrogen-bond acceptors (Lipinski definition) is 0. The van der Waals surface area contributed by atoms with Crippen molar-refractivity contribution in [3.05, 3.63) is 47.5 Å². The summed E-state index contributed by atoms with van der Waals surface area (Å²) in [4.78, 5) is 0. The molecule has 0 spiro atoms. The molecule has 0 amide bonds. The number of rotatable bonds is 10. The van der Waals surface area contributed by atoms with Crippen LogP contribution in [0.1, 0.15) is 88.7 Å². The molecule has 1 heteroatoms. The first-order chi connectivity index (χ1) is 11.8. The maximum Gasteiger partial charge on any atom is 0.108 e. The van der Waals surface area contributed by atoms with Crippen molar-refractivity contribution in [3.8, 4) is 0 Å². The fourth-order valence-corrected chi connectivity index (χ4v) is 4.26. The second-order valence-electron chi connectivity index (χ2n) is 7.53. The third-order valence-corrected chi connectivity index (χ3v) is 5.75.